The summed E-state index contributed by atoms with van der Waals surface area (Å²) in [4.78, 5) is 13.5. The maximum atomic E-state index is 13.0. The molecule has 0 bridgehead atoms. The van der Waals surface area contributed by atoms with E-state index in [2.05, 4.69) is 5.32 Å². The van der Waals surface area contributed by atoms with Gasteiger partial charge >= 0.3 is 0 Å². The van der Waals surface area contributed by atoms with Crippen LogP contribution in [0.15, 0.2) is 0 Å². The van der Waals surface area contributed by atoms with E-state index in [1.165, 1.54) is 4.90 Å². The van der Waals surface area contributed by atoms with Gasteiger partial charge in [-0.15, -0.1) is 0 Å². The van der Waals surface area contributed by atoms with E-state index in [4.69, 9.17) is 0 Å². The number of hydrogen-bond acceptors (Lipinski definition) is 2. The van der Waals surface area contributed by atoms with E-state index in [-0.39, 0.29) is 18.9 Å². The summed E-state index contributed by atoms with van der Waals surface area (Å²) in [6.45, 7) is 0.419. The van der Waals surface area contributed by atoms with Crippen LogP contribution in [0.5, 0.6) is 0 Å². The molecular formula is C11H18F2N2O. The number of nitrogens with zero attached hydrogens (tertiary/aromatic N) is 1. The normalized spacial score (nSPS) is 26.6. The standard InChI is InChI=1S/C11H18F2N2O/c1-14-7-10(3-2-4-10)9(16)15-6-5-11(12,13)8-15/h14H,2-8H2,1H3. The van der Waals surface area contributed by atoms with Crippen molar-refractivity contribution in [3.05, 3.63) is 0 Å². The van der Waals surface area contributed by atoms with Crippen molar-refractivity contribution in [3.63, 3.8) is 0 Å². The highest BCUT2D eigenvalue weighted by Crippen LogP contribution is 2.43. The number of alkyl halides is 2. The van der Waals surface area contributed by atoms with Crippen LogP contribution >= 0.6 is 0 Å². The molecule has 0 spiro atoms. The van der Waals surface area contributed by atoms with Crippen LogP contribution in [0.3, 0.4) is 0 Å². The Kier molecular flexibility index (Phi) is 2.90. The number of carbonyl (C=O) groups excluding carboxylic acids is 1. The van der Waals surface area contributed by atoms with Crippen molar-refractivity contribution in [2.75, 3.05) is 26.7 Å². The van der Waals surface area contributed by atoms with E-state index in [0.717, 1.165) is 19.3 Å². The molecule has 2 rings (SSSR count). The first-order chi connectivity index (χ1) is 7.49. The summed E-state index contributed by atoms with van der Waals surface area (Å²) in [5.41, 5.74) is -0.394. The van der Waals surface area contributed by atoms with Crippen molar-refractivity contribution >= 4 is 5.91 Å². The van der Waals surface area contributed by atoms with Crippen molar-refractivity contribution in [2.45, 2.75) is 31.6 Å². The summed E-state index contributed by atoms with van der Waals surface area (Å²) in [6, 6.07) is 0. The first-order valence-electron chi connectivity index (χ1n) is 5.81. The lowest BCUT2D eigenvalue weighted by molar-refractivity contribution is -0.147. The molecule has 1 aliphatic carbocycles. The summed E-state index contributed by atoms with van der Waals surface area (Å²) in [7, 11) is 1.80. The molecule has 1 N–H and O–H groups in total. The summed E-state index contributed by atoms with van der Waals surface area (Å²) >= 11 is 0. The molecule has 1 heterocycles. The molecule has 0 unspecified atom stereocenters. The van der Waals surface area contributed by atoms with Gasteiger partial charge in [0.05, 0.1) is 12.0 Å². The summed E-state index contributed by atoms with van der Waals surface area (Å²) < 4.78 is 26.1. The predicted octanol–water partition coefficient (Wildman–Crippen LogP) is 1.24. The van der Waals surface area contributed by atoms with Crippen molar-refractivity contribution in [1.82, 2.24) is 10.2 Å². The molecule has 2 aliphatic rings. The van der Waals surface area contributed by atoms with Crippen molar-refractivity contribution in [3.8, 4) is 0 Å². The third kappa shape index (κ3) is 1.93. The van der Waals surface area contributed by atoms with Crippen LogP contribution in [0, 0.1) is 5.41 Å². The number of carbonyl (C=O) groups is 1. The Morgan fingerprint density at radius 3 is 2.44 bits per heavy atom. The first-order valence-corrected chi connectivity index (χ1v) is 5.81. The Labute approximate surface area is 94.2 Å². The van der Waals surface area contributed by atoms with E-state index in [9.17, 15) is 13.6 Å². The molecule has 0 aromatic carbocycles. The van der Waals surface area contributed by atoms with Crippen molar-refractivity contribution in [2.24, 2.45) is 5.41 Å². The molecule has 1 amide bonds. The van der Waals surface area contributed by atoms with Gasteiger partial charge in [-0.1, -0.05) is 6.42 Å². The lowest BCUT2D eigenvalue weighted by Gasteiger charge is -2.42. The van der Waals surface area contributed by atoms with Gasteiger partial charge in [0.25, 0.3) is 5.92 Å². The Balaban J connectivity index is 2.02. The average Bonchev–Trinajstić information content (AvgIpc) is 2.51. The molecule has 1 saturated carbocycles. The molecular weight excluding hydrogens is 214 g/mol. The van der Waals surface area contributed by atoms with Gasteiger partial charge in [0.2, 0.25) is 5.91 Å². The maximum Gasteiger partial charge on any atom is 0.267 e. The van der Waals surface area contributed by atoms with Gasteiger partial charge in [0.15, 0.2) is 0 Å². The smallest absolute Gasteiger partial charge is 0.267 e. The van der Waals surface area contributed by atoms with Gasteiger partial charge < -0.3 is 10.2 Å². The lowest BCUT2D eigenvalue weighted by Crippen LogP contribution is -2.52. The second-order valence-corrected chi connectivity index (χ2v) is 5.00. The minimum atomic E-state index is -2.68. The molecule has 0 atom stereocenters. The molecule has 2 fully saturated rings. The van der Waals surface area contributed by atoms with Gasteiger partial charge in [-0.05, 0) is 19.9 Å². The molecule has 0 aromatic heterocycles. The van der Waals surface area contributed by atoms with E-state index >= 15 is 0 Å². The van der Waals surface area contributed by atoms with Crippen LogP contribution in [0.4, 0.5) is 8.78 Å². The maximum absolute atomic E-state index is 13.0. The summed E-state index contributed by atoms with van der Waals surface area (Å²) in [6.07, 6.45) is 2.50. The van der Waals surface area contributed by atoms with Crippen LogP contribution in [-0.4, -0.2) is 43.4 Å². The Bertz CT molecular complexity index is 290. The van der Waals surface area contributed by atoms with Gasteiger partial charge in [-0.3, -0.25) is 4.79 Å². The van der Waals surface area contributed by atoms with Crippen LogP contribution in [0.25, 0.3) is 0 Å². The number of amides is 1. The molecule has 92 valence electrons. The number of nitrogens with one attached hydrogen (secondary N) is 1. The SMILES string of the molecule is CNCC1(C(=O)N2CCC(F)(F)C2)CCC1. The van der Waals surface area contributed by atoms with Crippen LogP contribution in [0.1, 0.15) is 25.7 Å². The third-order valence-corrected chi connectivity index (χ3v) is 3.74. The minimum Gasteiger partial charge on any atom is -0.336 e. The average molecular weight is 232 g/mol. The topological polar surface area (TPSA) is 32.3 Å². The van der Waals surface area contributed by atoms with Gasteiger partial charge in [0, 0.05) is 19.5 Å². The van der Waals surface area contributed by atoms with E-state index in [1.807, 2.05) is 0 Å². The molecule has 0 radical (unpaired) electrons. The highest BCUT2D eigenvalue weighted by atomic mass is 19.3. The quantitative estimate of drug-likeness (QED) is 0.794. The Morgan fingerprint density at radius 2 is 2.06 bits per heavy atom. The van der Waals surface area contributed by atoms with Crippen LogP contribution in [-0.2, 0) is 4.79 Å². The lowest BCUT2D eigenvalue weighted by atomic mass is 9.67. The largest absolute Gasteiger partial charge is 0.336 e. The monoisotopic (exact) mass is 232 g/mol. The first kappa shape index (κ1) is 11.8. The molecule has 1 saturated heterocycles. The fourth-order valence-electron chi connectivity index (χ4n) is 2.65. The van der Waals surface area contributed by atoms with E-state index < -0.39 is 17.9 Å². The zero-order valence-corrected chi connectivity index (χ0v) is 9.56. The second-order valence-electron chi connectivity index (χ2n) is 5.00. The van der Waals surface area contributed by atoms with Gasteiger partial charge in [-0.2, -0.15) is 0 Å². The summed E-state index contributed by atoms with van der Waals surface area (Å²) in [5, 5.41) is 3.00. The van der Waals surface area contributed by atoms with Gasteiger partial charge in [0.1, 0.15) is 0 Å². The Morgan fingerprint density at radius 1 is 1.38 bits per heavy atom. The zero-order valence-electron chi connectivity index (χ0n) is 9.56. The highest BCUT2D eigenvalue weighted by molar-refractivity contribution is 5.84. The van der Waals surface area contributed by atoms with Crippen molar-refractivity contribution < 1.29 is 13.6 Å². The molecule has 3 nitrogen and oxygen atoms in total. The van der Waals surface area contributed by atoms with Crippen LogP contribution < -0.4 is 5.32 Å². The molecule has 16 heavy (non-hydrogen) atoms. The third-order valence-electron chi connectivity index (χ3n) is 3.74. The fourth-order valence-corrected chi connectivity index (χ4v) is 2.65. The zero-order chi connectivity index (χ0) is 11.8. The molecule has 1 aliphatic heterocycles. The van der Waals surface area contributed by atoms with Crippen LogP contribution in [0.2, 0.25) is 0 Å². The van der Waals surface area contributed by atoms with Crippen molar-refractivity contribution in [1.29, 1.82) is 0 Å². The van der Waals surface area contributed by atoms with Gasteiger partial charge in [-0.25, -0.2) is 8.78 Å². The fraction of sp³-hybridized carbons (Fsp3) is 0.909. The number of halogens is 2. The number of hydrogen-bond donors (Lipinski definition) is 1. The second kappa shape index (κ2) is 3.95. The summed E-state index contributed by atoms with van der Waals surface area (Å²) in [5.74, 6) is -2.76. The Hall–Kier alpha value is -0.710. The van der Waals surface area contributed by atoms with E-state index in [0.29, 0.717) is 6.54 Å². The number of likely N-dealkylation sites (tertiary alicyclic amines) is 1. The minimum absolute atomic E-state index is 0.0784. The predicted molar refractivity (Wildman–Crippen MR) is 56.4 cm³/mol. The van der Waals surface area contributed by atoms with E-state index in [1.54, 1.807) is 7.05 Å². The number of rotatable bonds is 3. The molecule has 5 heteroatoms. The molecule has 0 aromatic rings. The highest BCUT2D eigenvalue weighted by Gasteiger charge is 2.49.